The van der Waals surface area contributed by atoms with Crippen LogP contribution in [0, 0.1) is 13.8 Å². The first-order valence-corrected chi connectivity index (χ1v) is 8.67. The number of amides is 1. The summed E-state index contributed by atoms with van der Waals surface area (Å²) < 4.78 is 4.99. The number of aromatic nitrogens is 4. The molecule has 9 heteroatoms. The second kappa shape index (κ2) is 7.98. The molecule has 26 heavy (non-hydrogen) atoms. The molecule has 2 aromatic heterocycles. The molecule has 1 aromatic carbocycles. The molecule has 0 radical (unpaired) electrons. The molecule has 0 atom stereocenters. The van der Waals surface area contributed by atoms with Gasteiger partial charge in [-0.1, -0.05) is 17.4 Å². The van der Waals surface area contributed by atoms with Crippen LogP contribution < -0.4 is 10.6 Å². The summed E-state index contributed by atoms with van der Waals surface area (Å²) in [4.78, 5) is 21.1. The van der Waals surface area contributed by atoms with Crippen LogP contribution >= 0.6 is 11.3 Å². The Balaban J connectivity index is 1.72. The van der Waals surface area contributed by atoms with Crippen molar-refractivity contribution in [1.29, 1.82) is 0 Å². The Morgan fingerprint density at radius 1 is 1.15 bits per heavy atom. The highest BCUT2D eigenvalue weighted by molar-refractivity contribution is 7.15. The number of carbonyl (C=O) groups is 1. The van der Waals surface area contributed by atoms with Crippen molar-refractivity contribution in [3.63, 3.8) is 0 Å². The first-order chi connectivity index (χ1) is 12.5. The van der Waals surface area contributed by atoms with Crippen molar-refractivity contribution in [2.24, 2.45) is 0 Å². The molecule has 0 fully saturated rings. The monoisotopic (exact) mass is 370 g/mol. The molecule has 3 rings (SSSR count). The molecule has 2 N–H and O–H groups in total. The molecule has 0 unspecified atom stereocenters. The molecule has 134 valence electrons. The van der Waals surface area contributed by atoms with E-state index in [1.807, 2.05) is 26.0 Å². The van der Waals surface area contributed by atoms with E-state index in [1.165, 1.54) is 11.3 Å². The van der Waals surface area contributed by atoms with Gasteiger partial charge in [-0.05, 0) is 38.1 Å². The Kier molecular flexibility index (Phi) is 5.49. The lowest BCUT2D eigenvalue weighted by molar-refractivity contribution is 0.102. The second-order valence-electron chi connectivity index (χ2n) is 5.57. The second-order valence-corrected chi connectivity index (χ2v) is 6.63. The van der Waals surface area contributed by atoms with E-state index >= 15 is 0 Å². The zero-order valence-electron chi connectivity index (χ0n) is 14.6. The molecule has 0 aliphatic heterocycles. The van der Waals surface area contributed by atoms with Crippen LogP contribution in [0.4, 0.5) is 16.8 Å². The van der Waals surface area contributed by atoms with Gasteiger partial charge in [0.1, 0.15) is 11.6 Å². The predicted octanol–water partition coefficient (Wildman–Crippen LogP) is 3.09. The number of nitrogens with one attached hydrogen (secondary N) is 2. The Morgan fingerprint density at radius 2 is 1.92 bits per heavy atom. The summed E-state index contributed by atoms with van der Waals surface area (Å²) in [7, 11) is 1.58. The summed E-state index contributed by atoms with van der Waals surface area (Å²) in [5, 5.41) is 14.9. The molecule has 0 saturated heterocycles. The number of benzene rings is 1. The average molecular weight is 370 g/mol. The Labute approximate surface area is 154 Å². The van der Waals surface area contributed by atoms with Gasteiger partial charge in [-0.15, -0.1) is 10.2 Å². The molecule has 0 spiro atoms. The molecular formula is C17H18N6O2S. The summed E-state index contributed by atoms with van der Waals surface area (Å²) in [6, 6.07) is 8.98. The molecule has 2 heterocycles. The van der Waals surface area contributed by atoms with Crippen LogP contribution in [0.1, 0.15) is 26.8 Å². The summed E-state index contributed by atoms with van der Waals surface area (Å²) >= 11 is 1.28. The number of hydrogen-bond acceptors (Lipinski definition) is 8. The van der Waals surface area contributed by atoms with Crippen LogP contribution in [0.5, 0.6) is 0 Å². The number of carbonyl (C=O) groups excluding carboxylic acids is 1. The quantitative estimate of drug-likeness (QED) is 0.687. The average Bonchev–Trinajstić information content (AvgIpc) is 3.01. The van der Waals surface area contributed by atoms with Gasteiger partial charge < -0.3 is 10.1 Å². The lowest BCUT2D eigenvalue weighted by Crippen LogP contribution is -2.12. The Bertz CT molecular complexity index is 907. The molecule has 0 bridgehead atoms. The van der Waals surface area contributed by atoms with E-state index in [1.54, 1.807) is 25.3 Å². The minimum atomic E-state index is -0.268. The largest absolute Gasteiger partial charge is 0.377 e. The normalized spacial score (nSPS) is 10.6. The minimum Gasteiger partial charge on any atom is -0.377 e. The van der Waals surface area contributed by atoms with Crippen LogP contribution in [-0.2, 0) is 11.3 Å². The highest BCUT2D eigenvalue weighted by Gasteiger charge is 2.11. The summed E-state index contributed by atoms with van der Waals surface area (Å²) in [5.41, 5.74) is 2.96. The fraction of sp³-hybridized carbons (Fsp3) is 0.235. The molecule has 0 aliphatic carbocycles. The number of rotatable bonds is 6. The number of ether oxygens (including phenoxy) is 1. The third-order valence-corrected chi connectivity index (χ3v) is 4.13. The molecule has 3 aromatic rings. The first-order valence-electron chi connectivity index (χ1n) is 7.85. The van der Waals surface area contributed by atoms with E-state index in [9.17, 15) is 4.79 Å². The molecule has 8 nitrogen and oxygen atoms in total. The SMILES string of the molecule is COCc1nnc(NC(=O)c2cccc(Nc3nc(C)cc(C)n3)c2)s1. The van der Waals surface area contributed by atoms with E-state index in [2.05, 4.69) is 30.8 Å². The topological polar surface area (TPSA) is 102 Å². The van der Waals surface area contributed by atoms with Crippen LogP contribution in [0.15, 0.2) is 30.3 Å². The van der Waals surface area contributed by atoms with Crippen molar-refractivity contribution in [1.82, 2.24) is 20.2 Å². The summed E-state index contributed by atoms with van der Waals surface area (Å²) in [5.74, 6) is 0.225. The molecule has 0 saturated carbocycles. The van der Waals surface area contributed by atoms with E-state index in [0.29, 0.717) is 28.3 Å². The van der Waals surface area contributed by atoms with E-state index in [4.69, 9.17) is 4.74 Å². The summed E-state index contributed by atoms with van der Waals surface area (Å²) in [6.07, 6.45) is 0. The van der Waals surface area contributed by atoms with Crippen molar-refractivity contribution < 1.29 is 9.53 Å². The Hall–Kier alpha value is -2.91. The van der Waals surface area contributed by atoms with Crippen molar-refractivity contribution in [3.05, 3.63) is 52.3 Å². The lowest BCUT2D eigenvalue weighted by atomic mass is 10.2. The number of anilines is 3. The Morgan fingerprint density at radius 3 is 2.65 bits per heavy atom. The highest BCUT2D eigenvalue weighted by Crippen LogP contribution is 2.19. The van der Waals surface area contributed by atoms with Gasteiger partial charge in [0.05, 0.1) is 0 Å². The maximum atomic E-state index is 12.4. The third kappa shape index (κ3) is 4.58. The maximum Gasteiger partial charge on any atom is 0.257 e. The standard InChI is InChI=1S/C17H18N6O2S/c1-10-7-11(2)19-16(18-10)20-13-6-4-5-12(8-13)15(24)21-17-23-22-14(26-17)9-25-3/h4-8H,9H2,1-3H3,(H,18,19,20)(H,21,23,24). The smallest absolute Gasteiger partial charge is 0.257 e. The fourth-order valence-electron chi connectivity index (χ4n) is 2.30. The number of hydrogen-bond donors (Lipinski definition) is 2. The minimum absolute atomic E-state index is 0.268. The number of aryl methyl sites for hydroxylation is 2. The van der Waals surface area contributed by atoms with Gasteiger partial charge in [-0.3, -0.25) is 10.1 Å². The number of methoxy groups -OCH3 is 1. The fourth-order valence-corrected chi connectivity index (χ4v) is 3.01. The first kappa shape index (κ1) is 17.9. The van der Waals surface area contributed by atoms with E-state index < -0.39 is 0 Å². The van der Waals surface area contributed by atoms with Crippen LogP contribution in [0.2, 0.25) is 0 Å². The van der Waals surface area contributed by atoms with Gasteiger partial charge in [0.25, 0.3) is 5.91 Å². The zero-order valence-corrected chi connectivity index (χ0v) is 15.4. The van der Waals surface area contributed by atoms with Crippen molar-refractivity contribution >= 4 is 34.0 Å². The number of nitrogens with zero attached hydrogens (tertiary/aromatic N) is 4. The van der Waals surface area contributed by atoms with E-state index in [0.717, 1.165) is 17.1 Å². The molecular weight excluding hydrogens is 352 g/mol. The lowest BCUT2D eigenvalue weighted by Gasteiger charge is -2.08. The predicted molar refractivity (Wildman–Crippen MR) is 99.8 cm³/mol. The molecule has 0 aliphatic rings. The third-order valence-electron chi connectivity index (χ3n) is 3.32. The van der Waals surface area contributed by atoms with Gasteiger partial charge in [0.15, 0.2) is 0 Å². The van der Waals surface area contributed by atoms with Crippen LogP contribution in [0.3, 0.4) is 0 Å². The van der Waals surface area contributed by atoms with Crippen molar-refractivity contribution in [3.8, 4) is 0 Å². The van der Waals surface area contributed by atoms with Gasteiger partial charge in [0, 0.05) is 29.7 Å². The van der Waals surface area contributed by atoms with Gasteiger partial charge in [-0.25, -0.2) is 9.97 Å². The van der Waals surface area contributed by atoms with Gasteiger partial charge in [0.2, 0.25) is 11.1 Å². The summed E-state index contributed by atoms with van der Waals surface area (Å²) in [6.45, 7) is 4.18. The van der Waals surface area contributed by atoms with E-state index in [-0.39, 0.29) is 5.91 Å². The van der Waals surface area contributed by atoms with Crippen molar-refractivity contribution in [2.45, 2.75) is 20.5 Å². The highest BCUT2D eigenvalue weighted by atomic mass is 32.1. The van der Waals surface area contributed by atoms with Crippen LogP contribution in [0.25, 0.3) is 0 Å². The maximum absolute atomic E-state index is 12.4. The van der Waals surface area contributed by atoms with Crippen LogP contribution in [-0.4, -0.2) is 33.2 Å². The zero-order chi connectivity index (χ0) is 18.5. The van der Waals surface area contributed by atoms with Crippen molar-refractivity contribution in [2.75, 3.05) is 17.7 Å². The van der Waals surface area contributed by atoms with Gasteiger partial charge >= 0.3 is 0 Å². The molecule has 1 amide bonds. The van der Waals surface area contributed by atoms with Gasteiger partial charge in [-0.2, -0.15) is 0 Å².